The third kappa shape index (κ3) is 2.26. The Kier molecular flexibility index (Phi) is 3.38. The van der Waals surface area contributed by atoms with Gasteiger partial charge in [0.2, 0.25) is 0 Å². The van der Waals surface area contributed by atoms with Crippen LogP contribution in [0, 0.1) is 19.8 Å². The van der Waals surface area contributed by atoms with Gasteiger partial charge in [-0.15, -0.1) is 0 Å². The van der Waals surface area contributed by atoms with Crippen molar-refractivity contribution < 1.29 is 4.79 Å². The molecule has 1 aromatic heterocycles. The average molecular weight is 274 g/mol. The predicted molar refractivity (Wildman–Crippen MR) is 79.0 cm³/mol. The molecule has 5 heteroatoms. The Bertz CT molecular complexity index is 529. The molecule has 0 aliphatic carbocycles. The first kappa shape index (κ1) is 13.4. The molecule has 3 heterocycles. The van der Waals surface area contributed by atoms with Gasteiger partial charge in [0.1, 0.15) is 5.82 Å². The number of hydrogen-bond donors (Lipinski definition) is 2. The van der Waals surface area contributed by atoms with Crippen molar-refractivity contribution in [1.29, 1.82) is 0 Å². The van der Waals surface area contributed by atoms with Crippen molar-refractivity contribution in [2.45, 2.75) is 32.7 Å². The van der Waals surface area contributed by atoms with E-state index in [1.165, 1.54) is 12.8 Å². The molecule has 0 bridgehead atoms. The van der Waals surface area contributed by atoms with Crippen LogP contribution < -0.4 is 16.0 Å². The molecule has 2 aliphatic heterocycles. The number of amides is 1. The van der Waals surface area contributed by atoms with E-state index < -0.39 is 0 Å². The zero-order chi connectivity index (χ0) is 14.3. The summed E-state index contributed by atoms with van der Waals surface area (Å²) in [5, 5.41) is 3.57. The molecule has 0 spiro atoms. The van der Waals surface area contributed by atoms with Crippen LogP contribution in [-0.4, -0.2) is 36.6 Å². The molecular formula is C15H22N4O. The van der Waals surface area contributed by atoms with Crippen molar-refractivity contribution in [3.8, 4) is 0 Å². The van der Waals surface area contributed by atoms with E-state index >= 15 is 0 Å². The molecular weight excluding hydrogens is 252 g/mol. The number of nitrogens with zero attached hydrogens (tertiary/aromatic N) is 2. The van der Waals surface area contributed by atoms with Crippen molar-refractivity contribution in [3.63, 3.8) is 0 Å². The summed E-state index contributed by atoms with van der Waals surface area (Å²) in [5.41, 5.74) is 7.99. The van der Waals surface area contributed by atoms with Crippen molar-refractivity contribution in [2.24, 2.45) is 11.7 Å². The molecule has 3 rings (SSSR count). The normalized spacial score (nSPS) is 25.6. The Morgan fingerprint density at radius 1 is 1.45 bits per heavy atom. The summed E-state index contributed by atoms with van der Waals surface area (Å²) >= 11 is 0. The fourth-order valence-corrected chi connectivity index (χ4v) is 3.57. The van der Waals surface area contributed by atoms with Crippen molar-refractivity contribution in [1.82, 2.24) is 10.3 Å². The number of pyridine rings is 1. The first-order chi connectivity index (χ1) is 9.56. The van der Waals surface area contributed by atoms with E-state index in [1.54, 1.807) is 0 Å². The zero-order valence-electron chi connectivity index (χ0n) is 12.1. The Morgan fingerprint density at radius 3 is 2.95 bits per heavy atom. The van der Waals surface area contributed by atoms with Crippen LogP contribution in [0.1, 0.15) is 34.5 Å². The first-order valence-electron chi connectivity index (χ1n) is 7.32. The number of aromatic nitrogens is 1. The molecule has 2 atom stereocenters. The number of anilines is 1. The van der Waals surface area contributed by atoms with Gasteiger partial charge >= 0.3 is 0 Å². The van der Waals surface area contributed by atoms with Gasteiger partial charge in [0.05, 0.1) is 5.56 Å². The molecule has 0 radical (unpaired) electrons. The van der Waals surface area contributed by atoms with E-state index in [9.17, 15) is 4.79 Å². The molecule has 5 nitrogen and oxygen atoms in total. The summed E-state index contributed by atoms with van der Waals surface area (Å²) in [6, 6.07) is 2.44. The Hall–Kier alpha value is -1.62. The van der Waals surface area contributed by atoms with Crippen molar-refractivity contribution >= 4 is 11.7 Å². The fraction of sp³-hybridized carbons (Fsp3) is 0.600. The van der Waals surface area contributed by atoms with Gasteiger partial charge in [0.15, 0.2) is 0 Å². The lowest BCUT2D eigenvalue weighted by Crippen LogP contribution is -2.40. The van der Waals surface area contributed by atoms with Crippen molar-refractivity contribution in [2.75, 3.05) is 24.5 Å². The standard InChI is InChI=1S/C15H22N4O/c1-9-6-10(2)18-15(13(9)14(16)20)19-7-11-4-3-5-17-12(11)8-19/h6,11-12,17H,3-5,7-8H2,1-2H3,(H2,16,20)/t11-,12+/m0/s1. The number of nitrogens with one attached hydrogen (secondary N) is 1. The van der Waals surface area contributed by atoms with E-state index in [-0.39, 0.29) is 5.91 Å². The second-order valence-electron chi connectivity index (χ2n) is 6.01. The summed E-state index contributed by atoms with van der Waals surface area (Å²) < 4.78 is 0. The summed E-state index contributed by atoms with van der Waals surface area (Å²) in [6.07, 6.45) is 2.49. The zero-order valence-corrected chi connectivity index (χ0v) is 12.1. The van der Waals surface area contributed by atoms with Gasteiger partial charge in [0, 0.05) is 24.8 Å². The Balaban J connectivity index is 1.96. The van der Waals surface area contributed by atoms with Gasteiger partial charge in [-0.3, -0.25) is 4.79 Å². The van der Waals surface area contributed by atoms with Crippen LogP contribution in [0.3, 0.4) is 0 Å². The molecule has 1 amide bonds. The number of carbonyl (C=O) groups excluding carboxylic acids is 1. The highest BCUT2D eigenvalue weighted by Crippen LogP contribution is 2.31. The summed E-state index contributed by atoms with van der Waals surface area (Å²) in [6.45, 7) is 6.87. The lowest BCUT2D eigenvalue weighted by Gasteiger charge is -2.24. The number of carbonyl (C=O) groups is 1. The summed E-state index contributed by atoms with van der Waals surface area (Å²) in [5.74, 6) is 1.05. The van der Waals surface area contributed by atoms with Crippen LogP contribution >= 0.6 is 0 Å². The van der Waals surface area contributed by atoms with Crippen LogP contribution in [-0.2, 0) is 0 Å². The van der Waals surface area contributed by atoms with E-state index in [0.717, 1.165) is 36.7 Å². The highest BCUT2D eigenvalue weighted by atomic mass is 16.1. The molecule has 0 saturated carbocycles. The summed E-state index contributed by atoms with van der Waals surface area (Å²) in [7, 11) is 0. The van der Waals surface area contributed by atoms with Crippen LogP contribution in [0.4, 0.5) is 5.82 Å². The molecule has 2 fully saturated rings. The molecule has 1 aromatic rings. The molecule has 3 N–H and O–H groups in total. The fourth-order valence-electron chi connectivity index (χ4n) is 3.57. The van der Waals surface area contributed by atoms with Gasteiger partial charge in [-0.1, -0.05) is 0 Å². The number of rotatable bonds is 2. The quantitative estimate of drug-likeness (QED) is 0.843. The molecule has 0 aromatic carbocycles. The number of aryl methyl sites for hydroxylation is 2. The highest BCUT2D eigenvalue weighted by molar-refractivity contribution is 5.99. The maximum absolute atomic E-state index is 11.8. The van der Waals surface area contributed by atoms with Crippen LogP contribution in [0.2, 0.25) is 0 Å². The first-order valence-corrected chi connectivity index (χ1v) is 7.32. The minimum Gasteiger partial charge on any atom is -0.365 e. The minimum absolute atomic E-state index is 0.382. The second-order valence-corrected chi connectivity index (χ2v) is 6.01. The number of nitrogens with two attached hydrogens (primary N) is 1. The molecule has 0 unspecified atom stereocenters. The highest BCUT2D eigenvalue weighted by Gasteiger charge is 2.36. The van der Waals surface area contributed by atoms with Gasteiger partial charge in [-0.2, -0.15) is 0 Å². The van der Waals surface area contributed by atoms with Crippen LogP contribution in [0.5, 0.6) is 0 Å². The summed E-state index contributed by atoms with van der Waals surface area (Å²) in [4.78, 5) is 18.6. The lowest BCUT2D eigenvalue weighted by atomic mass is 9.94. The Morgan fingerprint density at radius 2 is 2.25 bits per heavy atom. The maximum Gasteiger partial charge on any atom is 0.252 e. The Labute approximate surface area is 119 Å². The minimum atomic E-state index is -0.382. The maximum atomic E-state index is 11.8. The number of primary amides is 1. The second kappa shape index (κ2) is 5.05. The lowest BCUT2D eigenvalue weighted by molar-refractivity contribution is 0.1000. The van der Waals surface area contributed by atoms with Crippen molar-refractivity contribution in [3.05, 3.63) is 22.9 Å². The molecule has 108 valence electrons. The van der Waals surface area contributed by atoms with E-state index in [4.69, 9.17) is 5.73 Å². The van der Waals surface area contributed by atoms with E-state index in [1.807, 2.05) is 19.9 Å². The van der Waals surface area contributed by atoms with E-state index in [2.05, 4.69) is 15.2 Å². The molecule has 2 aliphatic rings. The van der Waals surface area contributed by atoms with E-state index in [0.29, 0.717) is 17.5 Å². The number of hydrogen-bond acceptors (Lipinski definition) is 4. The average Bonchev–Trinajstić information content (AvgIpc) is 2.80. The third-order valence-electron chi connectivity index (χ3n) is 4.47. The van der Waals surface area contributed by atoms with Gasteiger partial charge in [-0.25, -0.2) is 4.98 Å². The van der Waals surface area contributed by atoms with Gasteiger partial charge in [-0.05, 0) is 50.8 Å². The largest absolute Gasteiger partial charge is 0.365 e. The molecule has 20 heavy (non-hydrogen) atoms. The van der Waals surface area contributed by atoms with Gasteiger partial charge < -0.3 is 16.0 Å². The van der Waals surface area contributed by atoms with Gasteiger partial charge in [0.25, 0.3) is 5.91 Å². The topological polar surface area (TPSA) is 71.2 Å². The molecule has 2 saturated heterocycles. The monoisotopic (exact) mass is 274 g/mol. The number of fused-ring (bicyclic) bond motifs is 1. The SMILES string of the molecule is Cc1cc(C)c(C(N)=O)c(N2C[C@@H]3CCCN[C@@H]3C2)n1. The number of piperidine rings is 1. The smallest absolute Gasteiger partial charge is 0.252 e. The van der Waals surface area contributed by atoms with Crippen LogP contribution in [0.25, 0.3) is 0 Å². The predicted octanol–water partition coefficient (Wildman–Crippen LogP) is 0.986. The van der Waals surface area contributed by atoms with Crippen LogP contribution in [0.15, 0.2) is 6.07 Å². The third-order valence-corrected chi connectivity index (χ3v) is 4.47.